The summed E-state index contributed by atoms with van der Waals surface area (Å²) in [5.74, 6) is -1.20. The number of hydrogen-bond donors (Lipinski definition) is 1. The van der Waals surface area contributed by atoms with Crippen molar-refractivity contribution in [2.75, 3.05) is 11.6 Å². The Labute approximate surface area is 205 Å². The number of amides is 2. The quantitative estimate of drug-likeness (QED) is 0.223. The number of hydrogen-bond acceptors (Lipinski definition) is 5. The van der Waals surface area contributed by atoms with Crippen molar-refractivity contribution in [3.63, 3.8) is 0 Å². The Morgan fingerprint density at radius 3 is 2.44 bits per heavy atom. The molecule has 0 spiro atoms. The van der Waals surface area contributed by atoms with Crippen molar-refractivity contribution in [2.24, 2.45) is 0 Å². The molecule has 0 atom stereocenters. The molecule has 1 N–H and O–H groups in total. The molecule has 7 nitrogen and oxygen atoms in total. The third-order valence-electron chi connectivity index (χ3n) is 4.84. The standard InChI is InChI=1S/C25H18Cl2N2O5/c1-2-33-22-13-15(8-11-21(22)34-25(32)16-9-10-19(26)20(27)14-16)12-18-23(30)28-29(24(18)31)17-6-4-3-5-7-17/h3-14H,2H2,1H3,(H,28,30)/b18-12-. The molecule has 9 heteroatoms. The van der Waals surface area contributed by atoms with Crippen LogP contribution in [0, 0.1) is 0 Å². The Kier molecular flexibility index (Phi) is 6.86. The largest absolute Gasteiger partial charge is 0.490 e. The van der Waals surface area contributed by atoms with E-state index < -0.39 is 17.8 Å². The lowest BCUT2D eigenvalue weighted by Crippen LogP contribution is -2.35. The minimum Gasteiger partial charge on any atom is -0.490 e. The highest BCUT2D eigenvalue weighted by Crippen LogP contribution is 2.31. The first-order valence-corrected chi connectivity index (χ1v) is 11.0. The topological polar surface area (TPSA) is 84.9 Å². The molecule has 0 saturated carbocycles. The van der Waals surface area contributed by atoms with Gasteiger partial charge in [-0.25, -0.2) is 9.80 Å². The summed E-state index contributed by atoms with van der Waals surface area (Å²) in [7, 11) is 0. The zero-order chi connectivity index (χ0) is 24.2. The molecule has 0 bridgehead atoms. The molecule has 1 heterocycles. The molecule has 0 radical (unpaired) electrons. The molecule has 34 heavy (non-hydrogen) atoms. The van der Waals surface area contributed by atoms with Crippen molar-refractivity contribution < 1.29 is 23.9 Å². The van der Waals surface area contributed by atoms with Crippen LogP contribution < -0.4 is 19.9 Å². The van der Waals surface area contributed by atoms with Crippen LogP contribution in [-0.4, -0.2) is 24.4 Å². The second-order valence-corrected chi connectivity index (χ2v) is 7.95. The van der Waals surface area contributed by atoms with Gasteiger partial charge in [-0.15, -0.1) is 0 Å². The first-order chi connectivity index (χ1) is 16.4. The van der Waals surface area contributed by atoms with E-state index >= 15 is 0 Å². The van der Waals surface area contributed by atoms with Crippen LogP contribution in [0.5, 0.6) is 11.5 Å². The molecule has 1 saturated heterocycles. The van der Waals surface area contributed by atoms with Crippen LogP contribution in [0.25, 0.3) is 6.08 Å². The summed E-state index contributed by atoms with van der Waals surface area (Å²) in [6.45, 7) is 2.08. The third-order valence-corrected chi connectivity index (χ3v) is 5.58. The van der Waals surface area contributed by atoms with Gasteiger partial charge in [0.25, 0.3) is 11.8 Å². The predicted molar refractivity (Wildman–Crippen MR) is 129 cm³/mol. The number of halogens is 2. The van der Waals surface area contributed by atoms with Crippen molar-refractivity contribution in [2.45, 2.75) is 6.92 Å². The molecule has 0 aliphatic carbocycles. The number of carbonyl (C=O) groups excluding carboxylic acids is 3. The first-order valence-electron chi connectivity index (χ1n) is 10.2. The second kappa shape index (κ2) is 9.99. The zero-order valence-electron chi connectivity index (χ0n) is 17.9. The average molecular weight is 497 g/mol. The molecule has 1 fully saturated rings. The SMILES string of the molecule is CCOc1cc(/C=C2/C(=O)NN(c3ccccc3)C2=O)ccc1OC(=O)c1ccc(Cl)c(Cl)c1. The van der Waals surface area contributed by atoms with Gasteiger partial charge in [0.15, 0.2) is 11.5 Å². The van der Waals surface area contributed by atoms with Gasteiger partial charge in [0.2, 0.25) is 0 Å². The van der Waals surface area contributed by atoms with Crippen molar-refractivity contribution in [3.05, 3.63) is 93.5 Å². The zero-order valence-corrected chi connectivity index (χ0v) is 19.4. The highest BCUT2D eigenvalue weighted by molar-refractivity contribution is 6.42. The maximum absolute atomic E-state index is 12.8. The van der Waals surface area contributed by atoms with E-state index in [1.54, 1.807) is 43.3 Å². The maximum Gasteiger partial charge on any atom is 0.343 e. The van der Waals surface area contributed by atoms with E-state index in [0.717, 1.165) is 0 Å². The van der Waals surface area contributed by atoms with Gasteiger partial charge in [0.1, 0.15) is 5.57 Å². The number of carbonyl (C=O) groups is 3. The Bertz CT molecular complexity index is 1310. The lowest BCUT2D eigenvalue weighted by molar-refractivity contribution is -0.117. The normalized spacial score (nSPS) is 14.3. The number of anilines is 1. The lowest BCUT2D eigenvalue weighted by Gasteiger charge is -2.14. The number of esters is 1. The summed E-state index contributed by atoms with van der Waals surface area (Å²) in [6.07, 6.45) is 1.45. The third kappa shape index (κ3) is 4.90. The highest BCUT2D eigenvalue weighted by atomic mass is 35.5. The van der Waals surface area contributed by atoms with Crippen LogP contribution in [0.3, 0.4) is 0 Å². The average Bonchev–Trinajstić information content (AvgIpc) is 3.11. The lowest BCUT2D eigenvalue weighted by atomic mass is 10.1. The molecule has 3 aromatic rings. The fraction of sp³-hybridized carbons (Fsp3) is 0.0800. The van der Waals surface area contributed by atoms with E-state index in [1.165, 1.54) is 35.4 Å². The molecule has 2 amide bonds. The first kappa shape index (κ1) is 23.4. The molecule has 1 aliphatic heterocycles. The minimum absolute atomic E-state index is 0.0353. The number of hydrazine groups is 1. The fourth-order valence-electron chi connectivity index (χ4n) is 3.23. The van der Waals surface area contributed by atoms with Crippen LogP contribution >= 0.6 is 23.2 Å². The molecule has 0 unspecified atom stereocenters. The number of benzene rings is 3. The summed E-state index contributed by atoms with van der Waals surface area (Å²) in [4.78, 5) is 37.8. The summed E-state index contributed by atoms with van der Waals surface area (Å²) in [5.41, 5.74) is 3.80. The van der Waals surface area contributed by atoms with Gasteiger partial charge in [-0.1, -0.05) is 47.5 Å². The van der Waals surface area contributed by atoms with Crippen LogP contribution in [0.4, 0.5) is 5.69 Å². The number of para-hydroxylation sites is 1. The van der Waals surface area contributed by atoms with E-state index in [0.29, 0.717) is 22.9 Å². The van der Waals surface area contributed by atoms with Crippen LogP contribution in [0.1, 0.15) is 22.8 Å². The van der Waals surface area contributed by atoms with Crippen LogP contribution in [0.2, 0.25) is 10.0 Å². The molecular weight excluding hydrogens is 479 g/mol. The number of nitrogens with zero attached hydrogens (tertiary/aromatic N) is 1. The Balaban J connectivity index is 1.59. The second-order valence-electron chi connectivity index (χ2n) is 7.13. The van der Waals surface area contributed by atoms with Gasteiger partial charge in [-0.3, -0.25) is 15.0 Å². The van der Waals surface area contributed by atoms with Crippen molar-refractivity contribution in [1.29, 1.82) is 0 Å². The van der Waals surface area contributed by atoms with Crippen molar-refractivity contribution >= 4 is 52.7 Å². The molecule has 1 aliphatic rings. The summed E-state index contributed by atoms with van der Waals surface area (Å²) < 4.78 is 11.1. The number of nitrogens with one attached hydrogen (secondary N) is 1. The summed E-state index contributed by atoms with van der Waals surface area (Å²) >= 11 is 11.9. The maximum atomic E-state index is 12.8. The molecule has 172 valence electrons. The Morgan fingerprint density at radius 1 is 0.971 bits per heavy atom. The Hall–Kier alpha value is -3.81. The van der Waals surface area contributed by atoms with E-state index in [2.05, 4.69) is 5.43 Å². The predicted octanol–water partition coefficient (Wildman–Crippen LogP) is 5.07. The fourth-order valence-corrected chi connectivity index (χ4v) is 3.53. The van der Waals surface area contributed by atoms with E-state index in [9.17, 15) is 14.4 Å². The van der Waals surface area contributed by atoms with Crippen molar-refractivity contribution in [3.8, 4) is 11.5 Å². The van der Waals surface area contributed by atoms with Crippen molar-refractivity contribution in [1.82, 2.24) is 5.43 Å². The summed E-state index contributed by atoms with van der Waals surface area (Å²) in [6, 6.07) is 17.9. The van der Waals surface area contributed by atoms with Gasteiger partial charge in [-0.05, 0) is 61.0 Å². The molecule has 3 aromatic carbocycles. The van der Waals surface area contributed by atoms with Gasteiger partial charge in [0, 0.05) is 0 Å². The van der Waals surface area contributed by atoms with Gasteiger partial charge < -0.3 is 9.47 Å². The molecule has 0 aromatic heterocycles. The van der Waals surface area contributed by atoms with Crippen LogP contribution in [-0.2, 0) is 9.59 Å². The number of ether oxygens (including phenoxy) is 2. The highest BCUT2D eigenvalue weighted by Gasteiger charge is 2.34. The van der Waals surface area contributed by atoms with Gasteiger partial charge >= 0.3 is 5.97 Å². The molecule has 4 rings (SSSR count). The van der Waals surface area contributed by atoms with Gasteiger partial charge in [0.05, 0.1) is 27.9 Å². The van der Waals surface area contributed by atoms with E-state index in [1.807, 2.05) is 6.07 Å². The molecular formula is C25H18Cl2N2O5. The van der Waals surface area contributed by atoms with E-state index in [4.69, 9.17) is 32.7 Å². The van der Waals surface area contributed by atoms with E-state index in [-0.39, 0.29) is 27.7 Å². The Morgan fingerprint density at radius 2 is 1.74 bits per heavy atom. The van der Waals surface area contributed by atoms with Gasteiger partial charge in [-0.2, -0.15) is 0 Å². The summed E-state index contributed by atoms with van der Waals surface area (Å²) in [5, 5.41) is 1.74. The van der Waals surface area contributed by atoms with Crippen LogP contribution in [0.15, 0.2) is 72.3 Å². The number of rotatable bonds is 6. The smallest absolute Gasteiger partial charge is 0.343 e. The monoisotopic (exact) mass is 496 g/mol. The minimum atomic E-state index is -0.644.